The summed E-state index contributed by atoms with van der Waals surface area (Å²) in [5, 5.41) is 2.98. The summed E-state index contributed by atoms with van der Waals surface area (Å²) in [7, 11) is 1.60. The Hall–Kier alpha value is -3.21. The molecule has 0 radical (unpaired) electrons. The summed E-state index contributed by atoms with van der Waals surface area (Å²) >= 11 is 0. The van der Waals surface area contributed by atoms with Gasteiger partial charge < -0.3 is 19.5 Å². The van der Waals surface area contributed by atoms with E-state index < -0.39 is 0 Å². The average Bonchev–Trinajstić information content (AvgIpc) is 3.13. The molecule has 2 aromatic carbocycles. The molecule has 0 unspecified atom stereocenters. The summed E-state index contributed by atoms with van der Waals surface area (Å²) in [6.45, 7) is 5.35. The predicted octanol–water partition coefficient (Wildman–Crippen LogP) is 4.99. The highest BCUT2D eigenvalue weighted by atomic mass is 16.5. The van der Waals surface area contributed by atoms with Crippen LogP contribution in [0.2, 0.25) is 0 Å². The Kier molecular flexibility index (Phi) is 6.37. The SMILES string of the molecule is COc1ccccc1NC(=O)N(Cc1cccn1Cc1ccccc1)C(C)C. The molecule has 5 heteroatoms. The molecule has 0 bridgehead atoms. The minimum Gasteiger partial charge on any atom is -0.495 e. The summed E-state index contributed by atoms with van der Waals surface area (Å²) < 4.78 is 7.52. The van der Waals surface area contributed by atoms with Crippen LogP contribution in [0.5, 0.6) is 5.75 Å². The van der Waals surface area contributed by atoms with Crippen LogP contribution < -0.4 is 10.1 Å². The Bertz CT molecular complexity index is 903. The number of rotatable bonds is 7. The number of para-hydroxylation sites is 2. The highest BCUT2D eigenvalue weighted by Crippen LogP contribution is 2.24. The maximum atomic E-state index is 13.0. The average molecular weight is 377 g/mol. The fourth-order valence-electron chi connectivity index (χ4n) is 3.13. The number of hydrogen-bond donors (Lipinski definition) is 1. The summed E-state index contributed by atoms with van der Waals surface area (Å²) in [4.78, 5) is 14.8. The number of carbonyl (C=O) groups excluding carboxylic acids is 1. The van der Waals surface area contributed by atoms with Crippen LogP contribution in [0, 0.1) is 0 Å². The monoisotopic (exact) mass is 377 g/mol. The van der Waals surface area contributed by atoms with Gasteiger partial charge in [-0.3, -0.25) is 0 Å². The fraction of sp³-hybridized carbons (Fsp3) is 0.261. The van der Waals surface area contributed by atoms with Crippen molar-refractivity contribution in [3.8, 4) is 5.75 Å². The van der Waals surface area contributed by atoms with Gasteiger partial charge in [0.1, 0.15) is 5.75 Å². The quantitative estimate of drug-likeness (QED) is 0.631. The molecule has 5 nitrogen and oxygen atoms in total. The van der Waals surface area contributed by atoms with Crippen molar-refractivity contribution in [3.05, 3.63) is 84.2 Å². The highest BCUT2D eigenvalue weighted by molar-refractivity contribution is 5.91. The summed E-state index contributed by atoms with van der Waals surface area (Å²) in [5.41, 5.74) is 2.99. The van der Waals surface area contributed by atoms with Gasteiger partial charge in [0.15, 0.2) is 0 Å². The first kappa shape index (κ1) is 19.5. The number of nitrogens with zero attached hydrogens (tertiary/aromatic N) is 2. The number of anilines is 1. The van der Waals surface area contributed by atoms with Crippen LogP contribution in [0.25, 0.3) is 0 Å². The van der Waals surface area contributed by atoms with Crippen molar-refractivity contribution < 1.29 is 9.53 Å². The molecule has 0 saturated carbocycles. The smallest absolute Gasteiger partial charge is 0.322 e. The normalized spacial score (nSPS) is 10.7. The maximum Gasteiger partial charge on any atom is 0.322 e. The number of amides is 2. The first-order chi connectivity index (χ1) is 13.6. The molecule has 0 saturated heterocycles. The number of hydrogen-bond acceptors (Lipinski definition) is 2. The Morgan fingerprint density at radius 3 is 2.46 bits per heavy atom. The van der Waals surface area contributed by atoms with Gasteiger partial charge in [-0.05, 0) is 43.7 Å². The van der Waals surface area contributed by atoms with Crippen molar-refractivity contribution in [2.24, 2.45) is 0 Å². The lowest BCUT2D eigenvalue weighted by molar-refractivity contribution is 0.192. The third kappa shape index (κ3) is 4.74. The van der Waals surface area contributed by atoms with Gasteiger partial charge in [0, 0.05) is 24.5 Å². The van der Waals surface area contributed by atoms with E-state index in [9.17, 15) is 4.79 Å². The van der Waals surface area contributed by atoms with Gasteiger partial charge in [-0.15, -0.1) is 0 Å². The number of methoxy groups -OCH3 is 1. The molecule has 0 spiro atoms. The number of urea groups is 1. The second kappa shape index (κ2) is 9.13. The van der Waals surface area contributed by atoms with E-state index in [2.05, 4.69) is 34.3 Å². The summed E-state index contributed by atoms with van der Waals surface area (Å²) in [5.74, 6) is 0.645. The molecular formula is C23H27N3O2. The number of carbonyl (C=O) groups is 1. The van der Waals surface area contributed by atoms with E-state index in [1.165, 1.54) is 5.56 Å². The second-order valence-electron chi connectivity index (χ2n) is 6.97. The lowest BCUT2D eigenvalue weighted by Crippen LogP contribution is -2.40. The van der Waals surface area contributed by atoms with Gasteiger partial charge in [-0.1, -0.05) is 42.5 Å². The van der Waals surface area contributed by atoms with E-state index in [1.807, 2.05) is 67.3 Å². The van der Waals surface area contributed by atoms with Gasteiger partial charge in [-0.25, -0.2) is 4.79 Å². The van der Waals surface area contributed by atoms with Crippen LogP contribution in [-0.2, 0) is 13.1 Å². The van der Waals surface area contributed by atoms with Crippen molar-refractivity contribution in [1.29, 1.82) is 0 Å². The molecule has 1 aromatic heterocycles. The molecule has 3 rings (SSSR count). The molecule has 28 heavy (non-hydrogen) atoms. The van der Waals surface area contributed by atoms with E-state index in [1.54, 1.807) is 7.11 Å². The number of nitrogens with one attached hydrogen (secondary N) is 1. The van der Waals surface area contributed by atoms with E-state index in [4.69, 9.17) is 4.74 Å². The van der Waals surface area contributed by atoms with Gasteiger partial charge in [0.25, 0.3) is 0 Å². The predicted molar refractivity (Wildman–Crippen MR) is 113 cm³/mol. The Morgan fingerprint density at radius 2 is 1.75 bits per heavy atom. The zero-order valence-corrected chi connectivity index (χ0v) is 16.6. The molecule has 3 aromatic rings. The van der Waals surface area contributed by atoms with Gasteiger partial charge in [0.05, 0.1) is 19.3 Å². The minimum absolute atomic E-state index is 0.0507. The summed E-state index contributed by atoms with van der Waals surface area (Å²) in [6, 6.07) is 21.7. The van der Waals surface area contributed by atoms with Gasteiger partial charge in [0.2, 0.25) is 0 Å². The van der Waals surface area contributed by atoms with Gasteiger partial charge in [-0.2, -0.15) is 0 Å². The van der Waals surface area contributed by atoms with Crippen LogP contribution in [0.4, 0.5) is 10.5 Å². The van der Waals surface area contributed by atoms with Gasteiger partial charge >= 0.3 is 6.03 Å². The molecular weight excluding hydrogens is 350 g/mol. The zero-order chi connectivity index (χ0) is 19.9. The largest absolute Gasteiger partial charge is 0.495 e. The maximum absolute atomic E-state index is 13.0. The van der Waals surface area contributed by atoms with Crippen molar-refractivity contribution in [3.63, 3.8) is 0 Å². The topological polar surface area (TPSA) is 46.5 Å². The number of ether oxygens (including phenoxy) is 1. The Morgan fingerprint density at radius 1 is 1.04 bits per heavy atom. The van der Waals surface area contributed by atoms with Crippen molar-refractivity contribution in [2.45, 2.75) is 33.0 Å². The first-order valence-electron chi connectivity index (χ1n) is 9.47. The second-order valence-corrected chi connectivity index (χ2v) is 6.97. The molecule has 0 aliphatic carbocycles. The van der Waals surface area contributed by atoms with Crippen molar-refractivity contribution in [2.75, 3.05) is 12.4 Å². The lowest BCUT2D eigenvalue weighted by atomic mass is 10.2. The molecule has 146 valence electrons. The van der Waals surface area contributed by atoms with Crippen LogP contribution in [-0.4, -0.2) is 28.6 Å². The molecule has 1 N–H and O–H groups in total. The standard InChI is InChI=1S/C23H27N3O2/c1-18(2)26(23(27)24-21-13-7-8-14-22(21)28-3)17-20-12-9-15-25(20)16-19-10-5-4-6-11-19/h4-15,18H,16-17H2,1-3H3,(H,24,27). The number of aromatic nitrogens is 1. The lowest BCUT2D eigenvalue weighted by Gasteiger charge is -2.28. The highest BCUT2D eigenvalue weighted by Gasteiger charge is 2.20. The number of benzene rings is 2. The van der Waals surface area contributed by atoms with Crippen LogP contribution >= 0.6 is 0 Å². The van der Waals surface area contributed by atoms with Crippen LogP contribution in [0.3, 0.4) is 0 Å². The molecule has 1 heterocycles. The molecule has 0 atom stereocenters. The molecule has 0 aliphatic heterocycles. The molecule has 0 aliphatic rings. The zero-order valence-electron chi connectivity index (χ0n) is 16.6. The van der Waals surface area contributed by atoms with E-state index in [-0.39, 0.29) is 12.1 Å². The van der Waals surface area contributed by atoms with Crippen molar-refractivity contribution >= 4 is 11.7 Å². The summed E-state index contributed by atoms with van der Waals surface area (Å²) in [6.07, 6.45) is 2.05. The molecule has 2 amide bonds. The minimum atomic E-state index is -0.146. The van der Waals surface area contributed by atoms with E-state index >= 15 is 0 Å². The third-order valence-electron chi connectivity index (χ3n) is 4.68. The van der Waals surface area contributed by atoms with Crippen LogP contribution in [0.15, 0.2) is 72.9 Å². The third-order valence-corrected chi connectivity index (χ3v) is 4.68. The van der Waals surface area contributed by atoms with Crippen molar-refractivity contribution in [1.82, 2.24) is 9.47 Å². The van der Waals surface area contributed by atoms with Crippen LogP contribution in [0.1, 0.15) is 25.1 Å². The Labute approximate surface area is 166 Å². The van der Waals surface area contributed by atoms with E-state index in [0.29, 0.717) is 18.0 Å². The fourth-order valence-corrected chi connectivity index (χ4v) is 3.13. The molecule has 0 fully saturated rings. The first-order valence-corrected chi connectivity index (χ1v) is 9.47. The van der Waals surface area contributed by atoms with E-state index in [0.717, 1.165) is 12.2 Å². The Balaban J connectivity index is 1.75.